The van der Waals surface area contributed by atoms with Crippen LogP contribution in [0.3, 0.4) is 0 Å². The standard InChI is InChI=1S/C15H20N2O6S2/c18-13(16-8-5-15(21,6-9-16)14(19)20)11-3-1-7-17(11)25(22,23)12-4-2-10-24-12/h2,4,10-11,21H,1,3,5-9H2,(H,19,20). The number of hydrogen-bond acceptors (Lipinski definition) is 6. The van der Waals surface area contributed by atoms with Crippen LogP contribution in [0.15, 0.2) is 21.7 Å². The Morgan fingerprint density at radius 2 is 1.92 bits per heavy atom. The van der Waals surface area contributed by atoms with E-state index >= 15 is 0 Å². The summed E-state index contributed by atoms with van der Waals surface area (Å²) in [6.07, 6.45) is 0.938. The minimum Gasteiger partial charge on any atom is -0.479 e. The van der Waals surface area contributed by atoms with Crippen LogP contribution >= 0.6 is 11.3 Å². The molecule has 2 fully saturated rings. The first-order valence-electron chi connectivity index (χ1n) is 8.06. The molecule has 10 heteroatoms. The maximum absolute atomic E-state index is 12.8. The number of nitrogens with zero attached hydrogens (tertiary/aromatic N) is 2. The first-order valence-corrected chi connectivity index (χ1v) is 10.4. The van der Waals surface area contributed by atoms with Gasteiger partial charge in [0.2, 0.25) is 5.91 Å². The zero-order chi connectivity index (χ0) is 18.2. The van der Waals surface area contributed by atoms with Crippen molar-refractivity contribution in [2.45, 2.75) is 41.5 Å². The number of carbonyl (C=O) groups excluding carboxylic acids is 1. The molecule has 25 heavy (non-hydrogen) atoms. The van der Waals surface area contributed by atoms with Gasteiger partial charge in [-0.25, -0.2) is 13.2 Å². The molecule has 0 radical (unpaired) electrons. The molecule has 1 aromatic rings. The predicted octanol–water partition coefficient (Wildman–Crippen LogP) is 0.339. The van der Waals surface area contributed by atoms with Crippen molar-refractivity contribution >= 4 is 33.2 Å². The van der Waals surface area contributed by atoms with Crippen LogP contribution < -0.4 is 0 Å². The van der Waals surface area contributed by atoms with Crippen molar-refractivity contribution in [3.8, 4) is 0 Å². The predicted molar refractivity (Wildman–Crippen MR) is 89.6 cm³/mol. The number of carboxylic acid groups (broad SMARTS) is 1. The maximum Gasteiger partial charge on any atom is 0.335 e. The number of thiophene rings is 1. The van der Waals surface area contributed by atoms with Gasteiger partial charge >= 0.3 is 5.97 Å². The highest BCUT2D eigenvalue weighted by Gasteiger charge is 2.45. The molecule has 0 aliphatic carbocycles. The molecule has 0 bridgehead atoms. The molecule has 138 valence electrons. The molecule has 1 amide bonds. The molecule has 3 heterocycles. The quantitative estimate of drug-likeness (QED) is 0.769. The molecule has 1 atom stereocenters. The first-order chi connectivity index (χ1) is 11.8. The molecular weight excluding hydrogens is 368 g/mol. The van der Waals surface area contributed by atoms with Gasteiger partial charge in [-0.15, -0.1) is 11.3 Å². The number of sulfonamides is 1. The fourth-order valence-electron chi connectivity index (χ4n) is 3.32. The summed E-state index contributed by atoms with van der Waals surface area (Å²) in [6, 6.07) is 2.42. The molecule has 2 aliphatic heterocycles. The summed E-state index contributed by atoms with van der Waals surface area (Å²) in [6.45, 7) is 0.500. The van der Waals surface area contributed by atoms with Crippen molar-refractivity contribution in [3.05, 3.63) is 17.5 Å². The van der Waals surface area contributed by atoms with Crippen molar-refractivity contribution in [3.63, 3.8) is 0 Å². The molecule has 1 unspecified atom stereocenters. The number of piperidine rings is 1. The average Bonchev–Trinajstić information content (AvgIpc) is 3.27. The van der Waals surface area contributed by atoms with Crippen LogP contribution in [-0.4, -0.2) is 71.0 Å². The van der Waals surface area contributed by atoms with Gasteiger partial charge < -0.3 is 15.1 Å². The number of hydrogen-bond donors (Lipinski definition) is 2. The summed E-state index contributed by atoms with van der Waals surface area (Å²) in [5.74, 6) is -1.60. The van der Waals surface area contributed by atoms with Crippen LogP contribution in [0, 0.1) is 0 Å². The summed E-state index contributed by atoms with van der Waals surface area (Å²) in [5.41, 5.74) is -1.81. The van der Waals surface area contributed by atoms with E-state index in [0.717, 1.165) is 11.3 Å². The lowest BCUT2D eigenvalue weighted by atomic mass is 9.91. The van der Waals surface area contributed by atoms with E-state index in [4.69, 9.17) is 5.11 Å². The second-order valence-electron chi connectivity index (χ2n) is 6.37. The number of aliphatic carboxylic acids is 1. The third-order valence-corrected chi connectivity index (χ3v) is 8.13. The fourth-order valence-corrected chi connectivity index (χ4v) is 6.09. The largest absolute Gasteiger partial charge is 0.479 e. The Balaban J connectivity index is 1.73. The maximum atomic E-state index is 12.8. The van der Waals surface area contributed by atoms with Crippen LogP contribution in [-0.2, 0) is 19.6 Å². The molecule has 2 N–H and O–H groups in total. The van der Waals surface area contributed by atoms with Crippen LogP contribution in [0.2, 0.25) is 0 Å². The van der Waals surface area contributed by atoms with E-state index in [-0.39, 0.29) is 36.0 Å². The Kier molecular flexibility index (Phi) is 4.89. The number of aliphatic hydroxyl groups is 1. The number of carboxylic acids is 1. The van der Waals surface area contributed by atoms with Gasteiger partial charge in [-0.2, -0.15) is 4.31 Å². The van der Waals surface area contributed by atoms with Crippen LogP contribution in [0.5, 0.6) is 0 Å². The number of rotatable bonds is 4. The van der Waals surface area contributed by atoms with Gasteiger partial charge in [0.05, 0.1) is 0 Å². The van der Waals surface area contributed by atoms with Crippen LogP contribution in [0.4, 0.5) is 0 Å². The zero-order valence-corrected chi connectivity index (χ0v) is 15.1. The monoisotopic (exact) mass is 388 g/mol. The molecule has 8 nitrogen and oxygen atoms in total. The number of carbonyl (C=O) groups is 2. The summed E-state index contributed by atoms with van der Waals surface area (Å²) in [5, 5.41) is 20.7. The summed E-state index contributed by atoms with van der Waals surface area (Å²) in [7, 11) is -3.70. The van der Waals surface area contributed by atoms with E-state index in [1.54, 1.807) is 11.4 Å². The lowest BCUT2D eigenvalue weighted by molar-refractivity contribution is -0.165. The molecular formula is C15H20N2O6S2. The minimum absolute atomic E-state index is 0.0571. The third-order valence-electron chi connectivity index (χ3n) is 4.85. The van der Waals surface area contributed by atoms with E-state index in [9.17, 15) is 23.1 Å². The third kappa shape index (κ3) is 3.31. The van der Waals surface area contributed by atoms with E-state index in [0.29, 0.717) is 19.4 Å². The van der Waals surface area contributed by atoms with Crippen LogP contribution in [0.25, 0.3) is 0 Å². The van der Waals surface area contributed by atoms with Gasteiger partial charge in [0.15, 0.2) is 5.60 Å². The molecule has 0 aromatic carbocycles. The molecule has 2 saturated heterocycles. The van der Waals surface area contributed by atoms with Crippen molar-refractivity contribution in [2.75, 3.05) is 19.6 Å². The highest BCUT2D eigenvalue weighted by molar-refractivity contribution is 7.91. The van der Waals surface area contributed by atoms with Gasteiger partial charge in [0.1, 0.15) is 10.3 Å². The number of likely N-dealkylation sites (tertiary alicyclic amines) is 1. The highest BCUT2D eigenvalue weighted by Crippen LogP contribution is 2.31. The summed E-state index contributed by atoms with van der Waals surface area (Å²) < 4.78 is 26.9. The summed E-state index contributed by atoms with van der Waals surface area (Å²) >= 11 is 1.12. The second-order valence-corrected chi connectivity index (χ2v) is 9.43. The fraction of sp³-hybridized carbons (Fsp3) is 0.600. The number of amides is 1. The Morgan fingerprint density at radius 1 is 1.24 bits per heavy atom. The molecule has 0 saturated carbocycles. The normalized spacial score (nSPS) is 24.4. The second kappa shape index (κ2) is 6.67. The van der Waals surface area contributed by atoms with Gasteiger partial charge in [-0.05, 0) is 24.3 Å². The van der Waals surface area contributed by atoms with Crippen molar-refractivity contribution in [1.29, 1.82) is 0 Å². The van der Waals surface area contributed by atoms with Crippen molar-refractivity contribution < 1.29 is 28.2 Å². The molecule has 1 aromatic heterocycles. The minimum atomic E-state index is -3.70. The molecule has 3 rings (SSSR count). The SMILES string of the molecule is O=C(C1CCCN1S(=O)(=O)c1cccs1)N1CCC(O)(C(=O)O)CC1. The Labute approximate surface area is 149 Å². The average molecular weight is 388 g/mol. The van der Waals surface area contributed by atoms with Gasteiger partial charge in [-0.1, -0.05) is 6.07 Å². The van der Waals surface area contributed by atoms with E-state index in [1.807, 2.05) is 0 Å². The molecule has 2 aliphatic rings. The van der Waals surface area contributed by atoms with Crippen LogP contribution in [0.1, 0.15) is 25.7 Å². The first kappa shape index (κ1) is 18.3. The topological polar surface area (TPSA) is 115 Å². The lowest BCUT2D eigenvalue weighted by Gasteiger charge is -2.37. The smallest absolute Gasteiger partial charge is 0.335 e. The van der Waals surface area contributed by atoms with Gasteiger partial charge in [0, 0.05) is 32.5 Å². The van der Waals surface area contributed by atoms with Gasteiger partial charge in [-0.3, -0.25) is 4.79 Å². The highest BCUT2D eigenvalue weighted by atomic mass is 32.2. The van der Waals surface area contributed by atoms with E-state index < -0.39 is 27.6 Å². The Hall–Kier alpha value is -1.49. The molecule has 0 spiro atoms. The van der Waals surface area contributed by atoms with E-state index in [1.165, 1.54) is 15.3 Å². The lowest BCUT2D eigenvalue weighted by Crippen LogP contribution is -2.54. The van der Waals surface area contributed by atoms with Crippen molar-refractivity contribution in [1.82, 2.24) is 9.21 Å². The van der Waals surface area contributed by atoms with Gasteiger partial charge in [0.25, 0.3) is 10.0 Å². The Morgan fingerprint density at radius 3 is 2.48 bits per heavy atom. The Bertz CT molecular complexity index is 753. The summed E-state index contributed by atoms with van der Waals surface area (Å²) in [4.78, 5) is 25.3. The van der Waals surface area contributed by atoms with Crippen molar-refractivity contribution in [2.24, 2.45) is 0 Å². The zero-order valence-electron chi connectivity index (χ0n) is 13.5. The van der Waals surface area contributed by atoms with E-state index in [2.05, 4.69) is 0 Å².